The zero-order valence-corrected chi connectivity index (χ0v) is 24.5. The van der Waals surface area contributed by atoms with E-state index in [2.05, 4.69) is 10.2 Å². The zero-order valence-electron chi connectivity index (χ0n) is 23.7. The standard InChI is InChI=1S/C27H33FN6O6S/c1-15(2)31(5)23(36)17(4)33-24(37)22-16(3)25(34-29-9-10-30-34)41-26(22)32(27(33)38)14-21(40-12-11-35)19-13-18(28)7-8-20(19)39-6/h7-10,13,15,17,21,35H,11-12,14H2,1-6H3/t17?,21-/m1/s1. The Balaban J connectivity index is 2.00. The first-order valence-electron chi connectivity index (χ1n) is 13.0. The van der Waals surface area contributed by atoms with E-state index in [1.54, 1.807) is 14.0 Å². The van der Waals surface area contributed by atoms with E-state index >= 15 is 0 Å². The van der Waals surface area contributed by atoms with Crippen molar-refractivity contribution in [2.24, 2.45) is 0 Å². The van der Waals surface area contributed by atoms with Gasteiger partial charge >= 0.3 is 5.69 Å². The maximum atomic E-state index is 14.4. The molecule has 1 N–H and O–H groups in total. The van der Waals surface area contributed by atoms with Crippen LogP contribution in [-0.4, -0.2) is 73.5 Å². The van der Waals surface area contributed by atoms with Crippen LogP contribution in [0.15, 0.2) is 40.2 Å². The molecule has 0 aliphatic heterocycles. The number of likely N-dealkylation sites (N-methyl/N-ethyl adjacent to an activating group) is 1. The van der Waals surface area contributed by atoms with Gasteiger partial charge in [-0.3, -0.25) is 14.2 Å². The van der Waals surface area contributed by atoms with Gasteiger partial charge < -0.3 is 19.5 Å². The van der Waals surface area contributed by atoms with Crippen molar-refractivity contribution in [3.05, 3.63) is 68.4 Å². The van der Waals surface area contributed by atoms with Crippen LogP contribution in [0.1, 0.15) is 44.0 Å². The molecule has 220 valence electrons. The van der Waals surface area contributed by atoms with Crippen LogP contribution in [-0.2, 0) is 16.1 Å². The van der Waals surface area contributed by atoms with Crippen LogP contribution in [0.2, 0.25) is 0 Å². The number of methoxy groups -OCH3 is 1. The molecule has 0 saturated carbocycles. The predicted molar refractivity (Wildman–Crippen MR) is 151 cm³/mol. The molecular formula is C27H33FN6O6S. The SMILES string of the molecule is COc1ccc(F)cc1[C@@H](Cn1c(=O)n(C(C)C(=O)N(C)C(C)C)c(=O)c2c(C)c(-n3nccn3)sc21)OCCO. The van der Waals surface area contributed by atoms with E-state index in [4.69, 9.17) is 9.47 Å². The van der Waals surface area contributed by atoms with Crippen molar-refractivity contribution >= 4 is 27.5 Å². The van der Waals surface area contributed by atoms with Crippen molar-refractivity contribution in [1.82, 2.24) is 29.0 Å². The van der Waals surface area contributed by atoms with Crippen molar-refractivity contribution in [2.45, 2.75) is 52.4 Å². The highest BCUT2D eigenvalue weighted by molar-refractivity contribution is 7.21. The number of thiophene rings is 1. The van der Waals surface area contributed by atoms with Crippen molar-refractivity contribution in [3.8, 4) is 10.8 Å². The van der Waals surface area contributed by atoms with Crippen molar-refractivity contribution in [2.75, 3.05) is 27.4 Å². The average Bonchev–Trinajstić information content (AvgIpc) is 3.60. The van der Waals surface area contributed by atoms with Gasteiger partial charge in [0.1, 0.15) is 33.5 Å². The smallest absolute Gasteiger partial charge is 0.332 e. The normalized spacial score (nSPS) is 13.1. The van der Waals surface area contributed by atoms with Gasteiger partial charge in [0.25, 0.3) is 5.56 Å². The molecule has 1 amide bonds. The molecule has 41 heavy (non-hydrogen) atoms. The van der Waals surface area contributed by atoms with Crippen LogP contribution in [0.3, 0.4) is 0 Å². The van der Waals surface area contributed by atoms with Gasteiger partial charge in [-0.2, -0.15) is 10.2 Å². The van der Waals surface area contributed by atoms with Gasteiger partial charge in [0.2, 0.25) is 5.91 Å². The van der Waals surface area contributed by atoms with E-state index < -0.39 is 35.1 Å². The molecule has 0 saturated heterocycles. The third-order valence-corrected chi connectivity index (χ3v) is 8.26. The summed E-state index contributed by atoms with van der Waals surface area (Å²) in [6, 6.07) is 2.63. The van der Waals surface area contributed by atoms with Gasteiger partial charge in [-0.15, -0.1) is 4.80 Å². The number of rotatable bonds is 11. The minimum absolute atomic E-state index is 0.109. The molecule has 0 spiro atoms. The van der Waals surface area contributed by atoms with Gasteiger partial charge in [0, 0.05) is 24.2 Å². The Hall–Kier alpha value is -3.88. The summed E-state index contributed by atoms with van der Waals surface area (Å²) >= 11 is 1.13. The molecule has 0 radical (unpaired) electrons. The molecular weight excluding hydrogens is 555 g/mol. The second kappa shape index (κ2) is 12.3. The van der Waals surface area contributed by atoms with E-state index in [1.807, 2.05) is 13.8 Å². The Bertz CT molecular complexity index is 1660. The second-order valence-corrected chi connectivity index (χ2v) is 10.8. The Labute approximate surface area is 239 Å². The fraction of sp³-hybridized carbons (Fsp3) is 0.444. The molecule has 12 nitrogen and oxygen atoms in total. The monoisotopic (exact) mass is 588 g/mol. The number of carbonyl (C=O) groups is 1. The number of amides is 1. The molecule has 1 unspecified atom stereocenters. The van der Waals surface area contributed by atoms with Crippen LogP contribution in [0, 0.1) is 12.7 Å². The van der Waals surface area contributed by atoms with Gasteiger partial charge in [0.15, 0.2) is 0 Å². The molecule has 3 heterocycles. The first-order chi connectivity index (χ1) is 19.5. The van der Waals surface area contributed by atoms with Crippen LogP contribution >= 0.6 is 11.3 Å². The molecule has 4 rings (SSSR count). The Kier molecular flexibility index (Phi) is 9.05. The van der Waals surface area contributed by atoms with Crippen molar-refractivity contribution in [1.29, 1.82) is 0 Å². The molecule has 1 aromatic carbocycles. The lowest BCUT2D eigenvalue weighted by Crippen LogP contribution is -2.47. The number of fused-ring (bicyclic) bond motifs is 1. The fourth-order valence-corrected chi connectivity index (χ4v) is 5.80. The maximum absolute atomic E-state index is 14.4. The second-order valence-electron chi connectivity index (χ2n) is 9.79. The number of nitrogens with zero attached hydrogens (tertiary/aromatic N) is 6. The van der Waals surface area contributed by atoms with Gasteiger partial charge in [0.05, 0.1) is 44.6 Å². The molecule has 3 aromatic heterocycles. The molecule has 0 aliphatic rings. The lowest BCUT2D eigenvalue weighted by atomic mass is 10.1. The Morgan fingerprint density at radius 3 is 2.49 bits per heavy atom. The summed E-state index contributed by atoms with van der Waals surface area (Å²) in [7, 11) is 3.03. The first-order valence-corrected chi connectivity index (χ1v) is 13.8. The van der Waals surface area contributed by atoms with Crippen molar-refractivity contribution < 1.29 is 23.8 Å². The predicted octanol–water partition coefficient (Wildman–Crippen LogP) is 2.44. The number of ether oxygens (including phenoxy) is 2. The summed E-state index contributed by atoms with van der Waals surface area (Å²) in [6.45, 7) is 6.28. The van der Waals surface area contributed by atoms with Gasteiger partial charge in [-0.25, -0.2) is 13.8 Å². The van der Waals surface area contributed by atoms with E-state index in [9.17, 15) is 23.9 Å². The third-order valence-electron chi connectivity index (χ3n) is 6.98. The number of aliphatic hydroxyl groups excluding tert-OH is 1. The average molecular weight is 589 g/mol. The molecule has 2 atom stereocenters. The first kappa shape index (κ1) is 30.1. The van der Waals surface area contributed by atoms with Crippen LogP contribution in [0.25, 0.3) is 15.2 Å². The Morgan fingerprint density at radius 2 is 1.88 bits per heavy atom. The van der Waals surface area contributed by atoms with Crippen LogP contribution < -0.4 is 16.0 Å². The maximum Gasteiger partial charge on any atom is 0.332 e. The lowest BCUT2D eigenvalue weighted by molar-refractivity contribution is -0.134. The quantitative estimate of drug-likeness (QED) is 0.283. The zero-order chi connectivity index (χ0) is 30.0. The Morgan fingerprint density at radius 1 is 1.20 bits per heavy atom. The number of halogens is 1. The van der Waals surface area contributed by atoms with E-state index in [0.29, 0.717) is 26.7 Å². The molecule has 14 heteroatoms. The third kappa shape index (κ3) is 5.67. The number of aliphatic hydroxyl groups is 1. The number of carbonyl (C=O) groups excluding carboxylic acids is 1. The van der Waals surface area contributed by atoms with E-state index in [-0.39, 0.29) is 31.2 Å². The van der Waals surface area contributed by atoms with Gasteiger partial charge in [-0.05, 0) is 45.9 Å². The summed E-state index contributed by atoms with van der Waals surface area (Å²) in [5.74, 6) is -0.638. The minimum atomic E-state index is -1.12. The van der Waals surface area contributed by atoms with E-state index in [1.165, 1.54) is 58.9 Å². The summed E-state index contributed by atoms with van der Waals surface area (Å²) < 4.78 is 28.0. The summed E-state index contributed by atoms with van der Waals surface area (Å²) in [4.78, 5) is 44.5. The molecule has 0 aliphatic carbocycles. The van der Waals surface area contributed by atoms with Crippen LogP contribution in [0.5, 0.6) is 5.75 Å². The summed E-state index contributed by atoms with van der Waals surface area (Å²) in [5, 5.41) is 18.6. The fourth-order valence-electron chi connectivity index (χ4n) is 4.58. The van der Waals surface area contributed by atoms with Gasteiger partial charge in [-0.1, -0.05) is 11.3 Å². The number of hydrogen-bond donors (Lipinski definition) is 1. The minimum Gasteiger partial charge on any atom is -0.496 e. The summed E-state index contributed by atoms with van der Waals surface area (Å²) in [6.07, 6.45) is 2.02. The molecule has 4 aromatic rings. The van der Waals surface area contributed by atoms with Crippen LogP contribution in [0.4, 0.5) is 4.39 Å². The van der Waals surface area contributed by atoms with Crippen molar-refractivity contribution in [3.63, 3.8) is 0 Å². The molecule has 0 bridgehead atoms. The topological polar surface area (TPSA) is 134 Å². The largest absolute Gasteiger partial charge is 0.496 e. The number of aromatic nitrogens is 5. The highest BCUT2D eigenvalue weighted by Crippen LogP contribution is 2.34. The highest BCUT2D eigenvalue weighted by atomic mass is 32.1. The highest BCUT2D eigenvalue weighted by Gasteiger charge is 2.30. The summed E-state index contributed by atoms with van der Waals surface area (Å²) in [5.41, 5.74) is -0.524. The number of hydrogen-bond acceptors (Lipinski definition) is 9. The number of aryl methyl sites for hydroxylation is 1. The lowest BCUT2D eigenvalue weighted by Gasteiger charge is -2.27. The number of benzene rings is 1. The van der Waals surface area contributed by atoms with E-state index in [0.717, 1.165) is 15.9 Å². The molecule has 0 fully saturated rings.